The normalized spacial score (nSPS) is 11.1. The maximum Gasteiger partial charge on any atom is 0.200 e. The first kappa shape index (κ1) is 12.2. The Morgan fingerprint density at radius 1 is 1.50 bits per heavy atom. The van der Waals surface area contributed by atoms with Gasteiger partial charge in [-0.15, -0.1) is 14.8 Å². The molecule has 0 saturated carbocycles. The summed E-state index contributed by atoms with van der Waals surface area (Å²) in [6.45, 7) is 4.77. The molecule has 0 aliphatic rings. The Kier molecular flexibility index (Phi) is 3.35. The molecule has 2 heterocycles. The topological polar surface area (TPSA) is 109 Å². The van der Waals surface area contributed by atoms with Crippen molar-refractivity contribution in [3.63, 3.8) is 0 Å². The number of aromatic nitrogens is 5. The van der Waals surface area contributed by atoms with Crippen molar-refractivity contribution in [2.24, 2.45) is 5.73 Å². The van der Waals surface area contributed by atoms with E-state index < -0.39 is 0 Å². The molecule has 0 aliphatic carbocycles. The lowest BCUT2D eigenvalue weighted by molar-refractivity contribution is 0.652. The second-order valence-corrected chi connectivity index (χ2v) is 4.28. The summed E-state index contributed by atoms with van der Waals surface area (Å²) in [5.74, 6) is 0.940. The number of hydrogen-bond donors (Lipinski definition) is 2. The van der Waals surface area contributed by atoms with Crippen LogP contribution in [0, 0.1) is 5.41 Å². The summed E-state index contributed by atoms with van der Waals surface area (Å²) in [6, 6.07) is 3.93. The molecule has 0 aliphatic heterocycles. The minimum Gasteiger partial charge on any atom is -0.388 e. The molecule has 0 bridgehead atoms. The predicted octanol–water partition coefficient (Wildman–Crippen LogP) is 0.0602. The first-order chi connectivity index (χ1) is 8.58. The molecule has 2 aromatic rings. The number of amidine groups is 1. The third-order valence-electron chi connectivity index (χ3n) is 2.60. The number of nitrogens with zero attached hydrogens (tertiary/aromatic N) is 6. The second kappa shape index (κ2) is 4.94. The van der Waals surface area contributed by atoms with E-state index in [1.807, 2.05) is 12.1 Å². The van der Waals surface area contributed by atoms with Gasteiger partial charge in [0, 0.05) is 19.0 Å². The summed E-state index contributed by atoms with van der Waals surface area (Å²) in [4.78, 5) is 2.06. The van der Waals surface area contributed by atoms with E-state index in [0.717, 1.165) is 5.82 Å². The molecule has 8 heteroatoms. The smallest absolute Gasteiger partial charge is 0.200 e. The van der Waals surface area contributed by atoms with E-state index in [1.165, 1.54) is 4.63 Å². The van der Waals surface area contributed by atoms with Crippen LogP contribution in [0.3, 0.4) is 0 Å². The predicted molar refractivity (Wildman–Crippen MR) is 67.6 cm³/mol. The Bertz CT molecular complexity index is 546. The zero-order valence-corrected chi connectivity index (χ0v) is 10.4. The average molecular weight is 248 g/mol. The summed E-state index contributed by atoms with van der Waals surface area (Å²) in [5.41, 5.74) is 6.00. The summed E-state index contributed by atoms with van der Waals surface area (Å²) in [7, 11) is 0. The summed E-state index contributed by atoms with van der Waals surface area (Å²) >= 11 is 0. The average Bonchev–Trinajstić information content (AvgIpc) is 2.75. The maximum absolute atomic E-state index is 7.29. The monoisotopic (exact) mass is 248 g/mol. The van der Waals surface area contributed by atoms with Crippen molar-refractivity contribution in [1.29, 1.82) is 5.41 Å². The number of fused-ring (bicyclic) bond motifs is 1. The van der Waals surface area contributed by atoms with Crippen LogP contribution in [0.2, 0.25) is 0 Å². The van der Waals surface area contributed by atoms with E-state index in [1.54, 1.807) is 0 Å². The van der Waals surface area contributed by atoms with Gasteiger partial charge in [-0.1, -0.05) is 0 Å². The minimum atomic E-state index is 0.171. The first-order valence-corrected chi connectivity index (χ1v) is 5.73. The zero-order valence-electron chi connectivity index (χ0n) is 10.4. The third-order valence-corrected chi connectivity index (χ3v) is 2.60. The van der Waals surface area contributed by atoms with Crippen LogP contribution in [0.1, 0.15) is 20.3 Å². The highest BCUT2D eigenvalue weighted by Crippen LogP contribution is 2.14. The Hall–Kier alpha value is -2.25. The van der Waals surface area contributed by atoms with E-state index in [2.05, 4.69) is 39.4 Å². The van der Waals surface area contributed by atoms with Crippen molar-refractivity contribution in [3.8, 4) is 0 Å². The fraction of sp³-hybridized carbons (Fsp3) is 0.500. The van der Waals surface area contributed by atoms with Gasteiger partial charge < -0.3 is 10.6 Å². The van der Waals surface area contributed by atoms with Crippen LogP contribution in [-0.2, 0) is 0 Å². The van der Waals surface area contributed by atoms with Crippen LogP contribution in [0.4, 0.5) is 5.82 Å². The van der Waals surface area contributed by atoms with Gasteiger partial charge in [-0.2, -0.15) is 0 Å². The number of nitrogens with one attached hydrogen (secondary N) is 1. The first-order valence-electron chi connectivity index (χ1n) is 5.73. The van der Waals surface area contributed by atoms with Gasteiger partial charge in [-0.25, -0.2) is 0 Å². The standard InChI is InChI=1S/C10H16N8/c1-7(2)17(6-5-8(11)12)10-4-3-9-13-15-16-18(9)14-10/h3-4,7H,5-6H2,1-2H3,(H3,11,12). The van der Waals surface area contributed by atoms with Crippen molar-refractivity contribution in [1.82, 2.24) is 25.3 Å². The molecule has 0 saturated heterocycles. The number of hydrogen-bond acceptors (Lipinski definition) is 6. The molecule has 0 amide bonds. The minimum absolute atomic E-state index is 0.171. The fourth-order valence-electron chi connectivity index (χ4n) is 1.67. The van der Waals surface area contributed by atoms with Crippen molar-refractivity contribution < 1.29 is 0 Å². The Morgan fingerprint density at radius 3 is 2.94 bits per heavy atom. The van der Waals surface area contributed by atoms with Gasteiger partial charge in [-0.3, -0.25) is 5.41 Å². The lowest BCUT2D eigenvalue weighted by atomic mass is 10.2. The van der Waals surface area contributed by atoms with Crippen LogP contribution in [0.15, 0.2) is 12.1 Å². The van der Waals surface area contributed by atoms with E-state index in [4.69, 9.17) is 11.1 Å². The molecular weight excluding hydrogens is 232 g/mol. The molecule has 0 atom stereocenters. The third kappa shape index (κ3) is 2.53. The molecule has 18 heavy (non-hydrogen) atoms. The molecule has 0 radical (unpaired) electrons. The molecule has 96 valence electrons. The van der Waals surface area contributed by atoms with Gasteiger partial charge in [0.25, 0.3) is 0 Å². The van der Waals surface area contributed by atoms with E-state index in [-0.39, 0.29) is 11.9 Å². The van der Waals surface area contributed by atoms with Crippen LogP contribution in [-0.4, -0.2) is 43.7 Å². The number of anilines is 1. The molecule has 0 unspecified atom stereocenters. The van der Waals surface area contributed by atoms with Gasteiger partial charge in [0.1, 0.15) is 0 Å². The number of nitrogens with two attached hydrogens (primary N) is 1. The van der Waals surface area contributed by atoms with Crippen LogP contribution in [0.5, 0.6) is 0 Å². The number of tetrazole rings is 1. The van der Waals surface area contributed by atoms with Crippen LogP contribution < -0.4 is 10.6 Å². The SMILES string of the molecule is CC(C)N(CCC(=N)N)c1ccc2nnnn2n1. The molecule has 8 nitrogen and oxygen atoms in total. The summed E-state index contributed by atoms with van der Waals surface area (Å²) in [6.07, 6.45) is 0.507. The van der Waals surface area contributed by atoms with Gasteiger partial charge in [0.2, 0.25) is 0 Å². The largest absolute Gasteiger partial charge is 0.388 e. The Labute approximate surface area is 104 Å². The highest BCUT2D eigenvalue weighted by molar-refractivity contribution is 5.77. The highest BCUT2D eigenvalue weighted by Gasteiger charge is 2.13. The quantitative estimate of drug-likeness (QED) is 0.572. The van der Waals surface area contributed by atoms with Gasteiger partial charge in [0.05, 0.1) is 5.84 Å². The Morgan fingerprint density at radius 2 is 2.28 bits per heavy atom. The van der Waals surface area contributed by atoms with E-state index in [9.17, 15) is 0 Å². The summed E-state index contributed by atoms with van der Waals surface area (Å²) in [5, 5.41) is 22.7. The summed E-state index contributed by atoms with van der Waals surface area (Å²) < 4.78 is 1.39. The van der Waals surface area contributed by atoms with Crippen molar-refractivity contribution in [2.75, 3.05) is 11.4 Å². The van der Waals surface area contributed by atoms with E-state index in [0.29, 0.717) is 18.6 Å². The lowest BCUT2D eigenvalue weighted by Crippen LogP contribution is -2.34. The van der Waals surface area contributed by atoms with Gasteiger partial charge >= 0.3 is 0 Å². The zero-order chi connectivity index (χ0) is 13.1. The van der Waals surface area contributed by atoms with Crippen LogP contribution in [0.25, 0.3) is 5.65 Å². The molecule has 0 fully saturated rings. The van der Waals surface area contributed by atoms with Gasteiger partial charge in [0.15, 0.2) is 11.5 Å². The van der Waals surface area contributed by atoms with E-state index >= 15 is 0 Å². The van der Waals surface area contributed by atoms with Crippen LogP contribution >= 0.6 is 0 Å². The Balaban J connectivity index is 2.25. The van der Waals surface area contributed by atoms with Crippen molar-refractivity contribution >= 4 is 17.3 Å². The molecular formula is C10H16N8. The molecule has 3 N–H and O–H groups in total. The van der Waals surface area contributed by atoms with Crippen molar-refractivity contribution in [2.45, 2.75) is 26.3 Å². The maximum atomic E-state index is 7.29. The molecule has 0 aromatic carbocycles. The highest BCUT2D eigenvalue weighted by atomic mass is 15.6. The molecule has 2 rings (SSSR count). The fourth-order valence-corrected chi connectivity index (χ4v) is 1.67. The van der Waals surface area contributed by atoms with Crippen molar-refractivity contribution in [3.05, 3.63) is 12.1 Å². The molecule has 2 aromatic heterocycles. The lowest BCUT2D eigenvalue weighted by Gasteiger charge is -2.27. The number of rotatable bonds is 5. The molecule has 0 spiro atoms. The second-order valence-electron chi connectivity index (χ2n) is 4.28. The van der Waals surface area contributed by atoms with Gasteiger partial charge in [-0.05, 0) is 36.4 Å².